The van der Waals surface area contributed by atoms with Crippen molar-refractivity contribution in [2.45, 2.75) is 259 Å². The van der Waals surface area contributed by atoms with E-state index in [1.165, 1.54) is 164 Å². The highest BCUT2D eigenvalue weighted by atomic mass is 35.5. The van der Waals surface area contributed by atoms with Crippen LogP contribution in [0.25, 0.3) is 0 Å². The van der Waals surface area contributed by atoms with Crippen LogP contribution >= 0.6 is 34.8 Å². The van der Waals surface area contributed by atoms with Crippen LogP contribution in [0.1, 0.15) is 215 Å². The molecule has 125 heavy (non-hydrogen) atoms. The summed E-state index contributed by atoms with van der Waals surface area (Å²) in [5.74, 6) is -0.475. The molecule has 10 heterocycles. The normalized spacial score (nSPS) is 16.8. The molecule has 0 spiro atoms. The molecular formula is C105H140Cl3F2N15. The average Bonchev–Trinajstić information content (AvgIpc) is 0.848. The molecule has 0 amide bonds. The summed E-state index contributed by atoms with van der Waals surface area (Å²) in [6, 6.07) is 64.1. The van der Waals surface area contributed by atoms with E-state index >= 15 is 0 Å². The van der Waals surface area contributed by atoms with Crippen LogP contribution < -0.4 is 26.6 Å². The molecule has 0 saturated carbocycles. The molecule has 5 aromatic heterocycles. The van der Waals surface area contributed by atoms with Gasteiger partial charge in [0.1, 0.15) is 11.6 Å². The predicted octanol–water partition coefficient (Wildman–Crippen LogP) is 21.2. The SMILES string of the molecule is CCCCCN(Cc1cc(Cl)ccn1)C[C@H]1Cc2ccccc2CN1.CCCCCN(Cc1ccc(Cl)cn1)C[C@H]1Cc2ccccc2CN1.CCCCCN(Cc1ccc(F)cn1)C[C@H]1Cc2ccccc2CN1.CCCCCN(Cc1ncccc1Cl)C[C@H]1Cc2ccccc2CN1.CCCCCN(Cc1ncccc1F)C[C@H]1Cc2ccccc2CN1. The lowest BCUT2D eigenvalue weighted by molar-refractivity contribution is 0.219. The number of nitrogens with one attached hydrogen (secondary N) is 5. The summed E-state index contributed by atoms with van der Waals surface area (Å²) in [5.41, 5.74) is 19.1. The van der Waals surface area contributed by atoms with E-state index in [2.05, 4.69) is 232 Å². The molecule has 5 atom stereocenters. The molecule has 20 heteroatoms. The van der Waals surface area contributed by atoms with Crippen molar-refractivity contribution < 1.29 is 8.78 Å². The maximum absolute atomic E-state index is 14.0. The first-order valence-corrected chi connectivity index (χ1v) is 48.0. The van der Waals surface area contributed by atoms with Crippen molar-refractivity contribution in [1.82, 2.24) is 76.0 Å². The zero-order valence-corrected chi connectivity index (χ0v) is 77.5. The molecule has 670 valence electrons. The Morgan fingerprint density at radius 1 is 0.296 bits per heavy atom. The number of nitrogens with zero attached hydrogens (tertiary/aromatic N) is 10. The third-order valence-electron chi connectivity index (χ3n) is 24.5. The van der Waals surface area contributed by atoms with Gasteiger partial charge in [0.05, 0.1) is 44.7 Å². The van der Waals surface area contributed by atoms with Crippen molar-refractivity contribution in [3.8, 4) is 0 Å². The number of fused-ring (bicyclic) bond motifs is 5. The Labute approximate surface area is 762 Å². The minimum atomic E-state index is -0.271. The van der Waals surface area contributed by atoms with Gasteiger partial charge in [-0.2, -0.15) is 0 Å². The molecule has 5 aromatic carbocycles. The quantitative estimate of drug-likeness (QED) is 0.0233. The summed E-state index contributed by atoms with van der Waals surface area (Å²) < 4.78 is 27.1. The maximum Gasteiger partial charge on any atom is 0.146 e. The smallest absolute Gasteiger partial charge is 0.146 e. The summed E-state index contributed by atoms with van der Waals surface area (Å²) in [7, 11) is 0. The van der Waals surface area contributed by atoms with Crippen molar-refractivity contribution in [2.75, 3.05) is 65.4 Å². The molecule has 15 nitrogen and oxygen atoms in total. The lowest BCUT2D eigenvalue weighted by atomic mass is 9.95. The second-order valence-corrected chi connectivity index (χ2v) is 36.0. The lowest BCUT2D eigenvalue weighted by Gasteiger charge is -2.31. The van der Waals surface area contributed by atoms with Crippen LogP contribution in [0.3, 0.4) is 0 Å². The van der Waals surface area contributed by atoms with E-state index in [1.54, 1.807) is 30.7 Å². The van der Waals surface area contributed by atoms with Crippen LogP contribution in [-0.2, 0) is 97.6 Å². The van der Waals surface area contributed by atoms with Crippen LogP contribution in [-0.4, -0.2) is 145 Å². The second kappa shape index (κ2) is 55.1. The van der Waals surface area contributed by atoms with Gasteiger partial charge in [-0.1, -0.05) is 255 Å². The van der Waals surface area contributed by atoms with Crippen LogP contribution in [0.2, 0.25) is 15.1 Å². The third-order valence-corrected chi connectivity index (χ3v) is 25.3. The van der Waals surface area contributed by atoms with E-state index in [-0.39, 0.29) is 11.6 Å². The largest absolute Gasteiger partial charge is 0.308 e. The molecule has 10 aromatic rings. The fourth-order valence-corrected chi connectivity index (χ4v) is 18.1. The van der Waals surface area contributed by atoms with Crippen molar-refractivity contribution in [2.24, 2.45) is 0 Å². The Balaban J connectivity index is 0.000000152. The molecule has 5 aliphatic rings. The summed E-state index contributed by atoms with van der Waals surface area (Å²) in [5, 5.41) is 20.7. The number of unbranched alkanes of at least 4 members (excludes halogenated alkanes) is 10. The van der Waals surface area contributed by atoms with E-state index in [1.807, 2.05) is 42.6 Å². The van der Waals surface area contributed by atoms with Crippen LogP contribution in [0.4, 0.5) is 8.78 Å². The predicted molar refractivity (Wildman–Crippen MR) is 514 cm³/mol. The highest BCUT2D eigenvalue weighted by molar-refractivity contribution is 6.31. The topological polar surface area (TPSA) is 141 Å². The van der Waals surface area contributed by atoms with Gasteiger partial charge in [-0.15, -0.1) is 0 Å². The van der Waals surface area contributed by atoms with Crippen molar-refractivity contribution in [3.05, 3.63) is 324 Å². The van der Waals surface area contributed by atoms with Gasteiger partial charge in [0.15, 0.2) is 0 Å². The third kappa shape index (κ3) is 34.6. The Morgan fingerprint density at radius 3 is 0.936 bits per heavy atom. The van der Waals surface area contributed by atoms with Gasteiger partial charge >= 0.3 is 0 Å². The molecular weight excluding hydrogens is 1620 g/mol. The number of aromatic nitrogens is 5. The molecule has 15 rings (SSSR count). The fourth-order valence-electron chi connectivity index (χ4n) is 17.6. The Kier molecular flexibility index (Phi) is 43.1. The fraction of sp³-hybridized carbons (Fsp3) is 0.476. The summed E-state index contributed by atoms with van der Waals surface area (Å²) in [6.07, 6.45) is 32.3. The minimum Gasteiger partial charge on any atom is -0.308 e. The summed E-state index contributed by atoms with van der Waals surface area (Å²) >= 11 is 18.4. The number of benzene rings is 5. The Hall–Kier alpha value is -7.82. The van der Waals surface area contributed by atoms with Crippen molar-refractivity contribution >= 4 is 34.8 Å². The molecule has 0 unspecified atom stereocenters. The standard InChI is InChI=1S/3C21H28ClN3.2C21H28FN3/c1-2-3-6-12-25(16-21-20(22)10-7-11-23-21)15-19-13-17-8-4-5-9-18(17)14-24-19;1-2-3-6-11-25(16-21-13-19(22)9-10-23-21)15-20-12-17-7-4-5-8-18(17)14-24-20;1-2-3-6-11-25(15-20-10-9-19(22)14-24-20)16-21-12-17-7-4-5-8-18(17)13-23-21;1-2-3-6-12-25(16-21-20(22)10-7-11-23-21)15-19-13-17-8-4-5-9-18(17)14-24-19;1-2-3-6-11-25(15-20-10-9-19(22)14-24-20)16-21-12-17-7-4-5-8-18(17)13-23-21/h4-5,7-11,19,24H,2-3,6,12-16H2,1H3;4-5,7-10,13,20,24H,2-3,6,11-12,14-16H2,1H3;4-5,7-10,14,21,23H,2-3,6,11-13,15-16H2,1H3;4-5,7-11,19,24H,2-3,6,12-16H2,1H3;4-5,7-10,14,21,23H,2-3,6,11-13,15-16H2,1H3/t19-;20-;21-;19-;21-/m11111/s1. The van der Waals surface area contributed by atoms with E-state index in [0.29, 0.717) is 47.5 Å². The molecule has 0 aliphatic carbocycles. The highest BCUT2D eigenvalue weighted by Crippen LogP contribution is 2.26. The first-order valence-electron chi connectivity index (χ1n) is 46.9. The molecule has 0 radical (unpaired) electrons. The van der Waals surface area contributed by atoms with E-state index in [0.717, 1.165) is 196 Å². The number of halogens is 5. The number of rotatable bonds is 40. The molecule has 5 aliphatic heterocycles. The number of hydrogen-bond acceptors (Lipinski definition) is 15. The van der Waals surface area contributed by atoms with Gasteiger partial charge in [0.25, 0.3) is 0 Å². The van der Waals surface area contributed by atoms with E-state index in [9.17, 15) is 8.78 Å². The van der Waals surface area contributed by atoms with E-state index < -0.39 is 0 Å². The van der Waals surface area contributed by atoms with Crippen LogP contribution in [0.15, 0.2) is 213 Å². The van der Waals surface area contributed by atoms with E-state index in [4.69, 9.17) is 34.8 Å². The Morgan fingerprint density at radius 2 is 0.616 bits per heavy atom. The molecule has 0 bridgehead atoms. The maximum atomic E-state index is 14.0. The van der Waals surface area contributed by atoms with Crippen LogP contribution in [0, 0.1) is 11.6 Å². The first-order chi connectivity index (χ1) is 61.2. The van der Waals surface area contributed by atoms with Gasteiger partial charge in [-0.3, -0.25) is 49.4 Å². The van der Waals surface area contributed by atoms with Gasteiger partial charge in [-0.25, -0.2) is 8.78 Å². The monoisotopic (exact) mass is 1750 g/mol. The van der Waals surface area contributed by atoms with Gasteiger partial charge in [0, 0.05) is 158 Å². The van der Waals surface area contributed by atoms with Crippen molar-refractivity contribution in [1.29, 1.82) is 0 Å². The van der Waals surface area contributed by atoms with Crippen molar-refractivity contribution in [3.63, 3.8) is 0 Å². The Bertz CT molecular complexity index is 4460. The first kappa shape index (κ1) is 97.8. The average molecular weight is 1760 g/mol. The number of hydrogen-bond donors (Lipinski definition) is 5. The molecule has 0 saturated heterocycles. The zero-order valence-electron chi connectivity index (χ0n) is 75.2. The minimum absolute atomic E-state index is 0.204. The zero-order chi connectivity index (χ0) is 87.4. The summed E-state index contributed by atoms with van der Waals surface area (Å²) in [6.45, 7) is 30.4. The van der Waals surface area contributed by atoms with Gasteiger partial charge in [-0.05, 0) is 213 Å². The lowest BCUT2D eigenvalue weighted by Crippen LogP contribution is -2.44. The highest BCUT2D eigenvalue weighted by Gasteiger charge is 2.27. The summed E-state index contributed by atoms with van der Waals surface area (Å²) in [4.78, 5) is 34.3. The molecule has 0 fully saturated rings. The van der Waals surface area contributed by atoms with Crippen LogP contribution in [0.5, 0.6) is 0 Å². The van der Waals surface area contributed by atoms with Gasteiger partial charge < -0.3 is 26.6 Å². The number of pyridine rings is 5. The van der Waals surface area contributed by atoms with Gasteiger partial charge in [0.2, 0.25) is 0 Å². The molecule has 5 N–H and O–H groups in total. The second-order valence-electron chi connectivity index (χ2n) is 34.7.